The Kier molecular flexibility index (Phi) is 4.62. The zero-order chi connectivity index (χ0) is 21.5. The first kappa shape index (κ1) is 20.7. The van der Waals surface area contributed by atoms with Gasteiger partial charge in [0.25, 0.3) is 0 Å². The van der Waals surface area contributed by atoms with Gasteiger partial charge in [-0.15, -0.1) is 0 Å². The molecule has 3 unspecified atom stereocenters. The highest BCUT2D eigenvalue weighted by atomic mass is 16.8. The molecule has 0 bridgehead atoms. The van der Waals surface area contributed by atoms with Gasteiger partial charge < -0.3 is 19.3 Å². The van der Waals surface area contributed by atoms with Crippen molar-refractivity contribution in [2.45, 2.75) is 97.7 Å². The van der Waals surface area contributed by atoms with Crippen molar-refractivity contribution in [3.63, 3.8) is 0 Å². The van der Waals surface area contributed by atoms with Crippen LogP contribution in [0, 0.1) is 39.9 Å². The summed E-state index contributed by atoms with van der Waals surface area (Å²) in [6.45, 7) is 9.04. The van der Waals surface area contributed by atoms with Crippen LogP contribution >= 0.6 is 0 Å². The van der Waals surface area contributed by atoms with Gasteiger partial charge in [-0.1, -0.05) is 34.1 Å². The second-order valence-electron chi connectivity index (χ2n) is 11.4. The van der Waals surface area contributed by atoms with Crippen molar-refractivity contribution in [1.29, 1.82) is 0 Å². The van der Waals surface area contributed by atoms with Gasteiger partial charge in [0.1, 0.15) is 6.10 Å². The van der Waals surface area contributed by atoms with Crippen LogP contribution in [0.1, 0.15) is 79.1 Å². The molecule has 0 aromatic heterocycles. The molecule has 2 aliphatic heterocycles. The van der Waals surface area contributed by atoms with E-state index in [1.807, 2.05) is 6.92 Å². The summed E-state index contributed by atoms with van der Waals surface area (Å²) in [5.74, 6) is -0.401. The minimum atomic E-state index is -1.07. The average molecular weight is 421 g/mol. The first-order valence-electron chi connectivity index (χ1n) is 11.9. The van der Waals surface area contributed by atoms with Crippen LogP contribution in [-0.2, 0) is 23.8 Å². The molecule has 6 nitrogen and oxygen atoms in total. The molecule has 3 aliphatic carbocycles. The molecule has 2 heterocycles. The van der Waals surface area contributed by atoms with Gasteiger partial charge in [0.2, 0.25) is 6.29 Å². The highest BCUT2D eigenvalue weighted by Crippen LogP contribution is 2.73. The van der Waals surface area contributed by atoms with Gasteiger partial charge in [0, 0.05) is 12.3 Å². The van der Waals surface area contributed by atoms with Gasteiger partial charge in [-0.05, 0) is 61.2 Å². The molecule has 5 fully saturated rings. The van der Waals surface area contributed by atoms with Gasteiger partial charge in [-0.25, -0.2) is 0 Å². The van der Waals surface area contributed by atoms with Crippen LogP contribution in [0.3, 0.4) is 0 Å². The first-order chi connectivity index (χ1) is 14.2. The fourth-order valence-corrected chi connectivity index (χ4v) is 8.68. The molecular formula is C24H36O6. The molecule has 30 heavy (non-hydrogen) atoms. The van der Waals surface area contributed by atoms with E-state index in [1.54, 1.807) is 0 Å². The Bertz CT molecular complexity index is 748. The maximum atomic E-state index is 12.7. The van der Waals surface area contributed by atoms with E-state index < -0.39 is 24.1 Å². The Morgan fingerprint density at radius 3 is 2.70 bits per heavy atom. The largest absolute Gasteiger partial charge is 0.462 e. The minimum Gasteiger partial charge on any atom is -0.462 e. The maximum Gasteiger partial charge on any atom is 0.311 e. The normalized spacial score (nSPS) is 50.8. The Labute approximate surface area is 179 Å². The molecule has 5 aliphatic rings. The van der Waals surface area contributed by atoms with Gasteiger partial charge >= 0.3 is 11.9 Å². The van der Waals surface area contributed by atoms with Crippen LogP contribution in [0.25, 0.3) is 0 Å². The summed E-state index contributed by atoms with van der Waals surface area (Å²) < 4.78 is 17.6. The quantitative estimate of drug-likeness (QED) is 0.700. The fourth-order valence-electron chi connectivity index (χ4n) is 8.68. The van der Waals surface area contributed by atoms with E-state index in [4.69, 9.17) is 14.2 Å². The Morgan fingerprint density at radius 2 is 1.97 bits per heavy atom. The summed E-state index contributed by atoms with van der Waals surface area (Å²) in [6.07, 6.45) is 4.62. The summed E-state index contributed by atoms with van der Waals surface area (Å²) in [5.41, 5.74) is -0.597. The first-order valence-corrected chi connectivity index (χ1v) is 11.9. The van der Waals surface area contributed by atoms with Crippen molar-refractivity contribution in [1.82, 2.24) is 0 Å². The van der Waals surface area contributed by atoms with Crippen molar-refractivity contribution in [2.75, 3.05) is 0 Å². The predicted molar refractivity (Wildman–Crippen MR) is 108 cm³/mol. The summed E-state index contributed by atoms with van der Waals surface area (Å²) in [7, 11) is 0. The molecular weight excluding hydrogens is 384 g/mol. The lowest BCUT2D eigenvalue weighted by atomic mass is 9.37. The zero-order valence-electron chi connectivity index (χ0n) is 18.7. The molecule has 1 spiro atoms. The van der Waals surface area contributed by atoms with E-state index in [0.29, 0.717) is 12.3 Å². The van der Waals surface area contributed by atoms with E-state index in [1.165, 1.54) is 0 Å². The third-order valence-electron chi connectivity index (χ3n) is 9.71. The monoisotopic (exact) mass is 420 g/mol. The van der Waals surface area contributed by atoms with E-state index in [9.17, 15) is 14.7 Å². The van der Waals surface area contributed by atoms with Crippen LogP contribution in [0.4, 0.5) is 0 Å². The molecule has 168 valence electrons. The number of aliphatic hydroxyl groups is 1. The van der Waals surface area contributed by atoms with E-state index in [2.05, 4.69) is 20.8 Å². The number of carbonyl (C=O) groups excluding carboxylic acids is 2. The summed E-state index contributed by atoms with van der Waals surface area (Å²) >= 11 is 0. The zero-order valence-corrected chi connectivity index (χ0v) is 18.7. The summed E-state index contributed by atoms with van der Waals surface area (Å²) in [5, 5.41) is 11.4. The Balaban J connectivity index is 1.64. The SMILES string of the molecule is CCCC(=O)O[C@@H]1CC2C(C)(C)CCC[C@]2(C)C2CC[C@H]3C(=O)O[C@H]4O[C@@H](O)C21[C@H]43. The molecule has 0 aromatic rings. The Morgan fingerprint density at radius 1 is 1.20 bits per heavy atom. The van der Waals surface area contributed by atoms with Gasteiger partial charge in [0.15, 0.2) is 6.29 Å². The lowest BCUT2D eigenvalue weighted by Gasteiger charge is -2.67. The van der Waals surface area contributed by atoms with Crippen molar-refractivity contribution in [2.24, 2.45) is 39.9 Å². The standard InChI is InChI=1S/C24H36O6/c1-5-7-17(25)28-16-12-15-22(2,3)10-6-11-23(15,4)14-9-8-13-18-20(29-19(13)26)30-21(27)24(14,16)18/h13-16,18,20-21,27H,5-12H2,1-4H3/t13-,14?,15?,16-,18+,20+,21-,23-,24?/m1/s1. The second kappa shape index (κ2) is 6.68. The molecule has 2 saturated heterocycles. The number of carbonyl (C=O) groups is 2. The van der Waals surface area contributed by atoms with Crippen molar-refractivity contribution >= 4 is 11.9 Å². The number of hydrogen-bond acceptors (Lipinski definition) is 6. The summed E-state index contributed by atoms with van der Waals surface area (Å²) in [6, 6.07) is 0. The minimum absolute atomic E-state index is 0.0191. The number of aliphatic hydroxyl groups excluding tert-OH is 1. The number of esters is 2. The molecule has 0 aromatic carbocycles. The molecule has 6 heteroatoms. The van der Waals surface area contributed by atoms with Crippen LogP contribution < -0.4 is 0 Å². The molecule has 3 saturated carbocycles. The summed E-state index contributed by atoms with van der Waals surface area (Å²) in [4.78, 5) is 25.3. The lowest BCUT2D eigenvalue weighted by Crippen LogP contribution is -2.68. The fraction of sp³-hybridized carbons (Fsp3) is 0.917. The van der Waals surface area contributed by atoms with Gasteiger partial charge in [-0.3, -0.25) is 9.59 Å². The smallest absolute Gasteiger partial charge is 0.311 e. The van der Waals surface area contributed by atoms with Crippen LogP contribution in [-0.4, -0.2) is 35.7 Å². The van der Waals surface area contributed by atoms with Crippen molar-refractivity contribution < 1.29 is 28.9 Å². The third-order valence-corrected chi connectivity index (χ3v) is 9.71. The number of ether oxygens (including phenoxy) is 3. The van der Waals surface area contributed by atoms with E-state index in [0.717, 1.165) is 44.9 Å². The van der Waals surface area contributed by atoms with Crippen LogP contribution in [0.15, 0.2) is 0 Å². The number of hydrogen-bond donors (Lipinski definition) is 1. The van der Waals surface area contributed by atoms with Crippen LogP contribution in [0.2, 0.25) is 0 Å². The topological polar surface area (TPSA) is 82.1 Å². The average Bonchev–Trinajstić information content (AvgIpc) is 3.13. The molecule has 1 N–H and O–H groups in total. The number of rotatable bonds is 3. The highest BCUT2D eigenvalue weighted by Gasteiger charge is 2.78. The van der Waals surface area contributed by atoms with Crippen molar-refractivity contribution in [3.8, 4) is 0 Å². The lowest BCUT2D eigenvalue weighted by molar-refractivity contribution is -0.279. The maximum absolute atomic E-state index is 12.7. The number of fused-ring (bicyclic) bond motifs is 2. The van der Waals surface area contributed by atoms with Gasteiger partial charge in [-0.2, -0.15) is 0 Å². The predicted octanol–water partition coefficient (Wildman–Crippen LogP) is 3.79. The Hall–Kier alpha value is -1.14. The third kappa shape index (κ3) is 2.49. The molecule has 0 radical (unpaired) electrons. The molecule has 0 amide bonds. The van der Waals surface area contributed by atoms with Crippen molar-refractivity contribution in [3.05, 3.63) is 0 Å². The molecule has 9 atom stereocenters. The van der Waals surface area contributed by atoms with Gasteiger partial charge in [0.05, 0.1) is 11.3 Å². The second-order valence-corrected chi connectivity index (χ2v) is 11.4. The van der Waals surface area contributed by atoms with Crippen LogP contribution in [0.5, 0.6) is 0 Å². The van der Waals surface area contributed by atoms with E-state index >= 15 is 0 Å². The highest BCUT2D eigenvalue weighted by molar-refractivity contribution is 5.76. The molecule has 5 rings (SSSR count). The van der Waals surface area contributed by atoms with E-state index in [-0.39, 0.29) is 40.5 Å².